The third kappa shape index (κ3) is 4.52. The molecule has 0 saturated heterocycles. The second kappa shape index (κ2) is 9.27. The van der Waals surface area contributed by atoms with Crippen molar-refractivity contribution < 1.29 is 9.50 Å². The first-order valence-electron chi connectivity index (χ1n) is 12.5. The molecular weight excluding hydrogens is 397 g/mol. The normalized spacial score (nSPS) is 28.3. The standard InChI is InChI=1S/C29H40FNO/c1-20(2)22-8-12-25-23(18-22)9-13-27-28(3,15-5-16-29(25,27)4)19-31-17-14-26(32)21-6-10-24(30)11-7-21/h6-8,10-12,18,20,26-27,31-32H,5,9,13-17,19H2,1-4H3/t26?,27-,28-,29+/m0/s1. The smallest absolute Gasteiger partial charge is 0.123 e. The molecule has 174 valence electrons. The molecule has 1 unspecified atom stereocenters. The minimum atomic E-state index is -0.552. The van der Waals surface area contributed by atoms with E-state index in [1.54, 1.807) is 23.3 Å². The van der Waals surface area contributed by atoms with Crippen LogP contribution >= 0.6 is 0 Å². The lowest BCUT2D eigenvalue weighted by atomic mass is 9.49. The highest BCUT2D eigenvalue weighted by Gasteiger charge is 2.51. The summed E-state index contributed by atoms with van der Waals surface area (Å²) in [5, 5.41) is 14.1. The first-order chi connectivity index (χ1) is 15.2. The number of rotatable bonds is 7. The van der Waals surface area contributed by atoms with E-state index in [2.05, 4.69) is 51.2 Å². The number of fused-ring (bicyclic) bond motifs is 3. The van der Waals surface area contributed by atoms with Crippen molar-refractivity contribution in [2.45, 2.75) is 83.7 Å². The van der Waals surface area contributed by atoms with E-state index in [1.165, 1.54) is 49.8 Å². The molecule has 2 aliphatic rings. The van der Waals surface area contributed by atoms with Crippen LogP contribution < -0.4 is 5.32 Å². The Hall–Kier alpha value is -1.71. The van der Waals surface area contributed by atoms with Crippen LogP contribution in [0.5, 0.6) is 0 Å². The highest BCUT2D eigenvalue weighted by molar-refractivity contribution is 5.42. The second-order valence-electron chi connectivity index (χ2n) is 11.1. The maximum Gasteiger partial charge on any atom is 0.123 e. The zero-order valence-electron chi connectivity index (χ0n) is 20.3. The van der Waals surface area contributed by atoms with Crippen LogP contribution in [0.15, 0.2) is 42.5 Å². The van der Waals surface area contributed by atoms with Crippen molar-refractivity contribution in [3.05, 3.63) is 70.5 Å². The quantitative estimate of drug-likeness (QED) is 0.474. The topological polar surface area (TPSA) is 32.3 Å². The minimum Gasteiger partial charge on any atom is -0.388 e. The van der Waals surface area contributed by atoms with Crippen LogP contribution in [0.1, 0.15) is 94.1 Å². The fourth-order valence-electron chi connectivity index (χ4n) is 6.68. The Labute approximate surface area is 193 Å². The molecular formula is C29H40FNO. The van der Waals surface area contributed by atoms with Gasteiger partial charge in [0.15, 0.2) is 0 Å². The van der Waals surface area contributed by atoms with Crippen LogP contribution in [0.3, 0.4) is 0 Å². The number of aryl methyl sites for hydroxylation is 1. The predicted octanol–water partition coefficient (Wildman–Crippen LogP) is 6.67. The van der Waals surface area contributed by atoms with E-state index in [9.17, 15) is 9.50 Å². The third-order valence-electron chi connectivity index (χ3n) is 8.55. The SMILES string of the molecule is CC(C)c1ccc2c(c1)CC[C@H]1[C@](C)(CNCCC(O)c3ccc(F)cc3)CCC[C@]21C. The number of nitrogens with one attached hydrogen (secondary N) is 1. The molecule has 0 aromatic heterocycles. The maximum absolute atomic E-state index is 13.1. The van der Waals surface area contributed by atoms with Crippen LogP contribution in [-0.2, 0) is 11.8 Å². The Kier molecular flexibility index (Phi) is 6.79. The number of hydrogen-bond acceptors (Lipinski definition) is 2. The summed E-state index contributed by atoms with van der Waals surface area (Å²) >= 11 is 0. The fourth-order valence-corrected chi connectivity index (χ4v) is 6.68. The molecule has 0 aliphatic heterocycles. The van der Waals surface area contributed by atoms with Crippen molar-refractivity contribution >= 4 is 0 Å². The molecule has 2 nitrogen and oxygen atoms in total. The van der Waals surface area contributed by atoms with Crippen LogP contribution in [0.4, 0.5) is 4.39 Å². The van der Waals surface area contributed by atoms with Gasteiger partial charge in [0.1, 0.15) is 5.82 Å². The highest BCUT2D eigenvalue weighted by atomic mass is 19.1. The number of aliphatic hydroxyl groups is 1. The van der Waals surface area contributed by atoms with Gasteiger partial charge in [0.05, 0.1) is 6.10 Å². The van der Waals surface area contributed by atoms with Crippen molar-refractivity contribution in [1.82, 2.24) is 5.32 Å². The molecule has 1 fully saturated rings. The van der Waals surface area contributed by atoms with Gasteiger partial charge in [-0.15, -0.1) is 0 Å². The summed E-state index contributed by atoms with van der Waals surface area (Å²) in [6, 6.07) is 13.5. The lowest BCUT2D eigenvalue weighted by Gasteiger charge is -2.55. The van der Waals surface area contributed by atoms with Gasteiger partial charge in [-0.05, 0) is 95.7 Å². The first-order valence-corrected chi connectivity index (χ1v) is 12.5. The Morgan fingerprint density at radius 3 is 2.50 bits per heavy atom. The zero-order chi connectivity index (χ0) is 22.9. The van der Waals surface area contributed by atoms with Gasteiger partial charge >= 0.3 is 0 Å². The van der Waals surface area contributed by atoms with E-state index >= 15 is 0 Å². The molecule has 2 aromatic rings. The summed E-state index contributed by atoms with van der Waals surface area (Å²) in [4.78, 5) is 0. The van der Waals surface area contributed by atoms with E-state index in [1.807, 2.05) is 0 Å². The van der Waals surface area contributed by atoms with E-state index in [0.29, 0.717) is 18.3 Å². The summed E-state index contributed by atoms with van der Waals surface area (Å²) in [6.07, 6.45) is 6.37. The molecule has 2 N–H and O–H groups in total. The summed E-state index contributed by atoms with van der Waals surface area (Å²) < 4.78 is 13.1. The number of aliphatic hydroxyl groups excluding tert-OH is 1. The average molecular weight is 438 g/mol. The minimum absolute atomic E-state index is 0.255. The molecule has 1 saturated carbocycles. The van der Waals surface area contributed by atoms with Crippen LogP contribution in [0, 0.1) is 17.2 Å². The fraction of sp³-hybridized carbons (Fsp3) is 0.586. The monoisotopic (exact) mass is 437 g/mol. The van der Waals surface area contributed by atoms with Crippen molar-refractivity contribution in [2.24, 2.45) is 11.3 Å². The van der Waals surface area contributed by atoms with Crippen molar-refractivity contribution in [3.63, 3.8) is 0 Å². The second-order valence-corrected chi connectivity index (χ2v) is 11.1. The molecule has 0 spiro atoms. The first kappa shape index (κ1) is 23.4. The van der Waals surface area contributed by atoms with Crippen LogP contribution in [0.25, 0.3) is 0 Å². The Bertz CT molecular complexity index is 923. The molecule has 0 radical (unpaired) electrons. The van der Waals surface area contributed by atoms with Gasteiger partial charge in [-0.2, -0.15) is 0 Å². The summed E-state index contributed by atoms with van der Waals surface area (Å²) in [5.41, 5.74) is 5.94. The van der Waals surface area contributed by atoms with E-state index in [4.69, 9.17) is 0 Å². The van der Waals surface area contributed by atoms with E-state index in [-0.39, 0.29) is 16.6 Å². The number of benzene rings is 2. The Balaban J connectivity index is 1.41. The summed E-state index contributed by atoms with van der Waals surface area (Å²) in [5.74, 6) is 0.995. The molecule has 3 heteroatoms. The molecule has 2 aromatic carbocycles. The molecule has 0 heterocycles. The van der Waals surface area contributed by atoms with Crippen molar-refractivity contribution in [2.75, 3.05) is 13.1 Å². The predicted molar refractivity (Wildman–Crippen MR) is 130 cm³/mol. The van der Waals surface area contributed by atoms with Gasteiger partial charge < -0.3 is 10.4 Å². The number of hydrogen-bond donors (Lipinski definition) is 2. The van der Waals surface area contributed by atoms with Crippen molar-refractivity contribution in [3.8, 4) is 0 Å². The van der Waals surface area contributed by atoms with Crippen molar-refractivity contribution in [1.29, 1.82) is 0 Å². The largest absolute Gasteiger partial charge is 0.388 e. The zero-order valence-corrected chi connectivity index (χ0v) is 20.3. The van der Waals surface area contributed by atoms with E-state index in [0.717, 1.165) is 18.7 Å². The molecule has 2 aliphatic carbocycles. The number of halogens is 1. The lowest BCUT2D eigenvalue weighted by molar-refractivity contribution is 0.0252. The van der Waals surface area contributed by atoms with Gasteiger partial charge in [0.2, 0.25) is 0 Å². The van der Waals surface area contributed by atoms with Crippen LogP contribution in [-0.4, -0.2) is 18.2 Å². The van der Waals surface area contributed by atoms with Gasteiger partial charge in [-0.3, -0.25) is 0 Å². The molecule has 0 bridgehead atoms. The molecule has 4 rings (SSSR count). The van der Waals surface area contributed by atoms with E-state index < -0.39 is 6.10 Å². The molecule has 4 atom stereocenters. The Morgan fingerprint density at radius 2 is 1.78 bits per heavy atom. The lowest BCUT2D eigenvalue weighted by Crippen LogP contribution is -2.52. The highest BCUT2D eigenvalue weighted by Crippen LogP contribution is 2.57. The maximum atomic E-state index is 13.1. The van der Waals surface area contributed by atoms with Crippen LogP contribution in [0.2, 0.25) is 0 Å². The molecule has 0 amide bonds. The molecule has 32 heavy (non-hydrogen) atoms. The third-order valence-corrected chi connectivity index (χ3v) is 8.55. The van der Waals surface area contributed by atoms with Gasteiger partial charge in [-0.1, -0.05) is 64.4 Å². The summed E-state index contributed by atoms with van der Waals surface area (Å²) in [6.45, 7) is 11.3. The summed E-state index contributed by atoms with van der Waals surface area (Å²) in [7, 11) is 0. The average Bonchev–Trinajstić information content (AvgIpc) is 2.76. The van der Waals surface area contributed by atoms with Gasteiger partial charge in [-0.25, -0.2) is 4.39 Å². The van der Waals surface area contributed by atoms with Gasteiger partial charge in [0.25, 0.3) is 0 Å². The Morgan fingerprint density at radius 1 is 1.06 bits per heavy atom. The van der Waals surface area contributed by atoms with Gasteiger partial charge in [0, 0.05) is 6.54 Å².